The molecular formula is C32H41N3O5. The van der Waals surface area contributed by atoms with Crippen molar-refractivity contribution in [3.63, 3.8) is 0 Å². The molecule has 3 fully saturated rings. The number of unbranched alkanes of at least 4 members (excludes halogenated alkanes) is 3. The van der Waals surface area contributed by atoms with Crippen LogP contribution in [0.25, 0.3) is 0 Å². The summed E-state index contributed by atoms with van der Waals surface area (Å²) in [6.07, 6.45) is 4.87. The van der Waals surface area contributed by atoms with Crippen LogP contribution in [0.5, 0.6) is 0 Å². The molecular weight excluding hydrogens is 506 g/mol. The number of amides is 3. The van der Waals surface area contributed by atoms with Crippen molar-refractivity contribution in [2.24, 2.45) is 11.8 Å². The molecule has 0 aliphatic carbocycles. The first-order valence-electron chi connectivity index (χ1n) is 14.6. The van der Waals surface area contributed by atoms with Crippen molar-refractivity contribution in [3.05, 3.63) is 59.7 Å². The number of nitrogens with one attached hydrogen (secondary N) is 2. The lowest BCUT2D eigenvalue weighted by Crippen LogP contribution is -2.53. The van der Waals surface area contributed by atoms with E-state index in [9.17, 15) is 14.4 Å². The number of rotatable bonds is 11. The van der Waals surface area contributed by atoms with Gasteiger partial charge in [-0.25, -0.2) is 0 Å². The van der Waals surface area contributed by atoms with Crippen LogP contribution in [0.1, 0.15) is 63.0 Å². The molecule has 3 aliphatic rings. The van der Waals surface area contributed by atoms with Crippen LogP contribution in [0.3, 0.4) is 0 Å². The van der Waals surface area contributed by atoms with Crippen molar-refractivity contribution in [2.75, 3.05) is 23.8 Å². The zero-order valence-electron chi connectivity index (χ0n) is 23.7. The van der Waals surface area contributed by atoms with Gasteiger partial charge in [-0.1, -0.05) is 50.1 Å². The van der Waals surface area contributed by atoms with Gasteiger partial charge in [0.25, 0.3) is 0 Å². The Kier molecular flexibility index (Phi) is 8.02. The van der Waals surface area contributed by atoms with Crippen molar-refractivity contribution in [1.29, 1.82) is 0 Å². The van der Waals surface area contributed by atoms with E-state index in [2.05, 4.69) is 10.6 Å². The van der Waals surface area contributed by atoms with E-state index in [4.69, 9.17) is 9.84 Å². The summed E-state index contributed by atoms with van der Waals surface area (Å²) in [5, 5.41) is 15.3. The molecule has 2 aromatic carbocycles. The lowest BCUT2D eigenvalue weighted by atomic mass is 9.65. The molecule has 40 heavy (non-hydrogen) atoms. The van der Waals surface area contributed by atoms with Gasteiger partial charge in [-0.05, 0) is 75.3 Å². The number of aryl methyl sites for hydroxylation is 2. The summed E-state index contributed by atoms with van der Waals surface area (Å²) >= 11 is 0. The molecule has 5 rings (SSSR count). The Morgan fingerprint density at radius 2 is 1.75 bits per heavy atom. The number of anilines is 2. The molecule has 1 spiro atoms. The molecule has 3 N–H and O–H groups in total. The molecule has 3 amide bonds. The quantitative estimate of drug-likeness (QED) is 0.357. The predicted molar refractivity (Wildman–Crippen MR) is 154 cm³/mol. The summed E-state index contributed by atoms with van der Waals surface area (Å²) in [5.74, 6) is -2.08. The minimum Gasteiger partial charge on any atom is -0.396 e. The van der Waals surface area contributed by atoms with Crippen LogP contribution in [-0.2, 0) is 19.1 Å². The third-order valence-electron chi connectivity index (χ3n) is 9.21. The molecule has 8 heteroatoms. The number of carbonyl (C=O) groups excluding carboxylic acids is 3. The normalized spacial score (nSPS) is 28.6. The number of hydrogen-bond donors (Lipinski definition) is 3. The number of aliphatic hydroxyl groups is 1. The number of benzene rings is 2. The van der Waals surface area contributed by atoms with Gasteiger partial charge in [0.1, 0.15) is 11.6 Å². The second-order valence-electron chi connectivity index (χ2n) is 11.7. The van der Waals surface area contributed by atoms with Crippen LogP contribution in [0.2, 0.25) is 0 Å². The molecule has 5 atom stereocenters. The first-order valence-corrected chi connectivity index (χ1v) is 14.6. The number of likely N-dealkylation sites (tertiary alicyclic amines) is 1. The molecule has 214 valence electrons. The molecule has 2 unspecified atom stereocenters. The Morgan fingerprint density at radius 3 is 2.48 bits per heavy atom. The Morgan fingerprint density at radius 1 is 1.00 bits per heavy atom. The molecule has 0 radical (unpaired) electrons. The zero-order valence-corrected chi connectivity index (χ0v) is 23.7. The summed E-state index contributed by atoms with van der Waals surface area (Å²) in [6, 6.07) is 14.3. The minimum absolute atomic E-state index is 0.139. The van der Waals surface area contributed by atoms with E-state index in [-0.39, 0.29) is 24.3 Å². The lowest BCUT2D eigenvalue weighted by molar-refractivity contribution is -0.144. The Bertz CT molecular complexity index is 1270. The number of hydrogen-bond acceptors (Lipinski definition) is 5. The standard InChI is InChI=1S/C32H41N3O5/c1-4-31-16-17-32(40-31)26(25(31)28(37)33-23-12-8-7-9-13-23)30(39)35(18-10-5-6-11-19-36)27(32)29(38)34-24-20-21(2)14-15-22(24)3/h7-9,12-15,20,25-27,36H,4-6,10-11,16-19H2,1-3H3,(H,33,37)(H,34,38)/t25-,26-,27?,31+,32?/m0/s1. The maximum Gasteiger partial charge on any atom is 0.250 e. The average molecular weight is 548 g/mol. The number of fused-ring (bicyclic) bond motifs is 1. The monoisotopic (exact) mass is 547 g/mol. The topological polar surface area (TPSA) is 108 Å². The predicted octanol–water partition coefficient (Wildman–Crippen LogP) is 4.59. The highest BCUT2D eigenvalue weighted by Gasteiger charge is 2.78. The summed E-state index contributed by atoms with van der Waals surface area (Å²) < 4.78 is 6.85. The number of nitrogens with zero attached hydrogens (tertiary/aromatic N) is 1. The number of ether oxygens (including phenoxy) is 1. The molecule has 3 aliphatic heterocycles. The average Bonchev–Trinajstić information content (AvgIpc) is 3.55. The fourth-order valence-electron chi connectivity index (χ4n) is 7.22. The summed E-state index contributed by atoms with van der Waals surface area (Å²) in [7, 11) is 0. The van der Waals surface area contributed by atoms with Gasteiger partial charge in [0, 0.05) is 24.5 Å². The van der Waals surface area contributed by atoms with Gasteiger partial charge in [0.15, 0.2) is 0 Å². The zero-order chi connectivity index (χ0) is 28.5. The van der Waals surface area contributed by atoms with E-state index >= 15 is 0 Å². The van der Waals surface area contributed by atoms with Gasteiger partial charge in [0.05, 0.1) is 17.4 Å². The van der Waals surface area contributed by atoms with Crippen LogP contribution >= 0.6 is 0 Å². The Hall–Kier alpha value is -3.23. The molecule has 0 aromatic heterocycles. The van der Waals surface area contributed by atoms with E-state index < -0.39 is 29.1 Å². The summed E-state index contributed by atoms with van der Waals surface area (Å²) in [6.45, 7) is 6.47. The first-order chi connectivity index (χ1) is 19.3. The van der Waals surface area contributed by atoms with Crippen LogP contribution in [-0.4, -0.2) is 58.1 Å². The number of carbonyl (C=O) groups is 3. The van der Waals surface area contributed by atoms with Crippen molar-refractivity contribution in [3.8, 4) is 0 Å². The maximum atomic E-state index is 14.3. The lowest BCUT2D eigenvalue weighted by Gasteiger charge is -2.34. The van der Waals surface area contributed by atoms with Crippen molar-refractivity contribution < 1.29 is 24.2 Å². The Balaban J connectivity index is 1.49. The molecule has 8 nitrogen and oxygen atoms in total. The molecule has 0 saturated carbocycles. The number of aliphatic hydroxyl groups excluding tert-OH is 1. The summed E-state index contributed by atoms with van der Waals surface area (Å²) in [4.78, 5) is 43.9. The Labute approximate surface area is 236 Å². The summed E-state index contributed by atoms with van der Waals surface area (Å²) in [5.41, 5.74) is 1.51. The molecule has 2 bridgehead atoms. The highest BCUT2D eigenvalue weighted by molar-refractivity contribution is 6.05. The van der Waals surface area contributed by atoms with Gasteiger partial charge >= 0.3 is 0 Å². The highest BCUT2D eigenvalue weighted by Crippen LogP contribution is 2.64. The van der Waals surface area contributed by atoms with E-state index in [0.29, 0.717) is 44.3 Å². The fraction of sp³-hybridized carbons (Fsp3) is 0.531. The number of para-hydroxylation sites is 1. The SMILES string of the molecule is CC[C@]12CCC3(O1)C(C(=O)Nc1cc(C)ccc1C)N(CCCCCCO)C(=O)[C@@H]3[C@H]2C(=O)Nc1ccccc1. The second kappa shape index (κ2) is 11.3. The van der Waals surface area contributed by atoms with Gasteiger partial charge in [-0.3, -0.25) is 14.4 Å². The van der Waals surface area contributed by atoms with Crippen molar-refractivity contribution >= 4 is 29.1 Å². The van der Waals surface area contributed by atoms with Crippen LogP contribution in [0.15, 0.2) is 48.5 Å². The van der Waals surface area contributed by atoms with E-state index in [1.54, 1.807) is 4.90 Å². The van der Waals surface area contributed by atoms with Crippen molar-refractivity contribution in [2.45, 2.75) is 83.0 Å². The first kappa shape index (κ1) is 28.3. The van der Waals surface area contributed by atoms with E-state index in [1.807, 2.05) is 69.3 Å². The highest BCUT2D eigenvalue weighted by atomic mass is 16.5. The largest absolute Gasteiger partial charge is 0.396 e. The molecule has 2 aromatic rings. The molecule has 3 heterocycles. The second-order valence-corrected chi connectivity index (χ2v) is 11.7. The third-order valence-corrected chi connectivity index (χ3v) is 9.21. The van der Waals surface area contributed by atoms with Crippen LogP contribution in [0, 0.1) is 25.7 Å². The fourth-order valence-corrected chi connectivity index (χ4v) is 7.22. The smallest absolute Gasteiger partial charge is 0.250 e. The van der Waals surface area contributed by atoms with E-state index in [1.165, 1.54) is 0 Å². The van der Waals surface area contributed by atoms with Crippen LogP contribution < -0.4 is 10.6 Å². The van der Waals surface area contributed by atoms with Gasteiger partial charge in [-0.15, -0.1) is 0 Å². The van der Waals surface area contributed by atoms with Crippen molar-refractivity contribution in [1.82, 2.24) is 4.90 Å². The third kappa shape index (κ3) is 4.81. The van der Waals surface area contributed by atoms with Crippen LogP contribution in [0.4, 0.5) is 11.4 Å². The van der Waals surface area contributed by atoms with Gasteiger partial charge in [0.2, 0.25) is 17.7 Å². The van der Waals surface area contributed by atoms with Gasteiger partial charge in [-0.2, -0.15) is 0 Å². The molecule has 3 saturated heterocycles. The van der Waals surface area contributed by atoms with E-state index in [0.717, 1.165) is 29.7 Å². The maximum absolute atomic E-state index is 14.3. The minimum atomic E-state index is -1.06. The van der Waals surface area contributed by atoms with Gasteiger partial charge < -0.3 is 25.4 Å².